The smallest absolute Gasteiger partial charge is 0.252 e. The van der Waals surface area contributed by atoms with E-state index in [1.165, 1.54) is 5.69 Å². The number of ether oxygens (including phenoxy) is 1. The van der Waals surface area contributed by atoms with Crippen molar-refractivity contribution in [2.24, 2.45) is 0 Å². The van der Waals surface area contributed by atoms with Crippen molar-refractivity contribution in [1.82, 2.24) is 14.5 Å². The number of hydrogen-bond donors (Lipinski definition) is 0. The van der Waals surface area contributed by atoms with Crippen LogP contribution in [0.2, 0.25) is 0 Å². The van der Waals surface area contributed by atoms with Gasteiger partial charge in [0, 0.05) is 25.6 Å². The van der Waals surface area contributed by atoms with E-state index in [0.717, 1.165) is 38.1 Å². The summed E-state index contributed by atoms with van der Waals surface area (Å²) in [4.78, 5) is 18.8. The molecule has 1 saturated heterocycles. The summed E-state index contributed by atoms with van der Waals surface area (Å²) >= 11 is 0. The van der Waals surface area contributed by atoms with Gasteiger partial charge < -0.3 is 14.2 Å². The highest BCUT2D eigenvalue weighted by molar-refractivity contribution is 5.81. The van der Waals surface area contributed by atoms with Crippen LogP contribution in [-0.2, 0) is 22.5 Å². The number of amides is 1. The fourth-order valence-corrected chi connectivity index (χ4v) is 2.92. The Bertz CT molecular complexity index is 475. The van der Waals surface area contributed by atoms with Gasteiger partial charge >= 0.3 is 0 Å². The molecule has 1 amide bonds. The topological polar surface area (TPSA) is 47.4 Å². The Morgan fingerprint density at radius 2 is 2.37 bits per heavy atom. The fourth-order valence-electron chi connectivity index (χ4n) is 2.92. The molecule has 1 atom stereocenters. The van der Waals surface area contributed by atoms with Crippen LogP contribution in [0.1, 0.15) is 44.1 Å². The van der Waals surface area contributed by atoms with Crippen LogP contribution in [0.25, 0.3) is 0 Å². The highest BCUT2D eigenvalue weighted by Gasteiger charge is 2.31. The lowest BCUT2D eigenvalue weighted by atomic mass is 10.1. The number of carbonyl (C=O) groups excluding carboxylic acids is 1. The number of fused-ring (bicyclic) bond motifs is 1. The van der Waals surface area contributed by atoms with Crippen molar-refractivity contribution < 1.29 is 9.53 Å². The average molecular weight is 263 g/mol. The van der Waals surface area contributed by atoms with E-state index in [1.54, 1.807) is 0 Å². The maximum absolute atomic E-state index is 12.4. The molecule has 5 nitrogen and oxygen atoms in total. The van der Waals surface area contributed by atoms with Crippen LogP contribution >= 0.6 is 0 Å². The quantitative estimate of drug-likeness (QED) is 0.813. The molecule has 0 N–H and O–H groups in total. The van der Waals surface area contributed by atoms with Crippen molar-refractivity contribution in [3.8, 4) is 0 Å². The standard InChI is InChI=1S/C14H21N3O2/c1-10(2)17-9-15-11-5-6-16(8-12(11)17)14(18)13-4-3-7-19-13/h9-10,13H,3-8H2,1-2H3. The van der Waals surface area contributed by atoms with Crippen LogP contribution in [0.5, 0.6) is 0 Å². The minimum Gasteiger partial charge on any atom is -0.368 e. The Morgan fingerprint density at radius 1 is 1.53 bits per heavy atom. The normalized spacial score (nSPS) is 22.9. The Labute approximate surface area is 113 Å². The Morgan fingerprint density at radius 3 is 3.05 bits per heavy atom. The number of rotatable bonds is 2. The van der Waals surface area contributed by atoms with E-state index in [0.29, 0.717) is 12.6 Å². The van der Waals surface area contributed by atoms with E-state index in [4.69, 9.17) is 4.74 Å². The second kappa shape index (κ2) is 4.96. The van der Waals surface area contributed by atoms with Gasteiger partial charge in [0.2, 0.25) is 0 Å². The summed E-state index contributed by atoms with van der Waals surface area (Å²) in [5.74, 6) is 0.152. The fraction of sp³-hybridized carbons (Fsp3) is 0.714. The van der Waals surface area contributed by atoms with Crippen molar-refractivity contribution in [2.45, 2.75) is 51.8 Å². The molecular formula is C14H21N3O2. The van der Waals surface area contributed by atoms with Gasteiger partial charge in [0.25, 0.3) is 5.91 Å². The Kier molecular flexibility index (Phi) is 3.31. The Hall–Kier alpha value is -1.36. The number of imidazole rings is 1. The molecule has 2 aliphatic heterocycles. The third-order valence-corrected chi connectivity index (χ3v) is 4.02. The van der Waals surface area contributed by atoms with Gasteiger partial charge in [-0.3, -0.25) is 4.79 Å². The Balaban J connectivity index is 1.77. The molecule has 5 heteroatoms. The van der Waals surface area contributed by atoms with Crippen LogP contribution in [0.15, 0.2) is 6.33 Å². The monoisotopic (exact) mass is 263 g/mol. The van der Waals surface area contributed by atoms with Gasteiger partial charge in [0.15, 0.2) is 0 Å². The van der Waals surface area contributed by atoms with Gasteiger partial charge in [0.05, 0.1) is 24.3 Å². The van der Waals surface area contributed by atoms with Crippen molar-refractivity contribution in [2.75, 3.05) is 13.2 Å². The zero-order valence-electron chi connectivity index (χ0n) is 11.6. The average Bonchev–Trinajstić information content (AvgIpc) is 3.06. The van der Waals surface area contributed by atoms with Crippen LogP contribution in [0.3, 0.4) is 0 Å². The number of aromatic nitrogens is 2. The van der Waals surface area contributed by atoms with Gasteiger partial charge in [-0.2, -0.15) is 0 Å². The largest absolute Gasteiger partial charge is 0.368 e. The van der Waals surface area contributed by atoms with E-state index >= 15 is 0 Å². The lowest BCUT2D eigenvalue weighted by molar-refractivity contribution is -0.142. The van der Waals surface area contributed by atoms with Crippen molar-refractivity contribution in [3.63, 3.8) is 0 Å². The lowest BCUT2D eigenvalue weighted by Crippen LogP contribution is -2.42. The molecule has 1 fully saturated rings. The predicted octanol–water partition coefficient (Wildman–Crippen LogP) is 1.53. The van der Waals surface area contributed by atoms with Crippen molar-refractivity contribution in [3.05, 3.63) is 17.7 Å². The zero-order chi connectivity index (χ0) is 13.4. The first kappa shape index (κ1) is 12.7. The van der Waals surface area contributed by atoms with Crippen LogP contribution in [0, 0.1) is 0 Å². The van der Waals surface area contributed by atoms with E-state index < -0.39 is 0 Å². The van der Waals surface area contributed by atoms with Gasteiger partial charge in [-0.25, -0.2) is 4.98 Å². The van der Waals surface area contributed by atoms with Crippen LogP contribution < -0.4 is 0 Å². The summed E-state index contributed by atoms with van der Waals surface area (Å²) in [6.07, 6.45) is 4.41. The summed E-state index contributed by atoms with van der Waals surface area (Å²) in [6.45, 7) is 6.44. The molecular weight excluding hydrogens is 242 g/mol. The minimum absolute atomic E-state index is 0.152. The molecule has 0 aliphatic carbocycles. The molecule has 0 aromatic carbocycles. The maximum Gasteiger partial charge on any atom is 0.252 e. The summed E-state index contributed by atoms with van der Waals surface area (Å²) in [7, 11) is 0. The third kappa shape index (κ3) is 2.27. The highest BCUT2D eigenvalue weighted by Crippen LogP contribution is 2.23. The van der Waals surface area contributed by atoms with Crippen molar-refractivity contribution >= 4 is 5.91 Å². The highest BCUT2D eigenvalue weighted by atomic mass is 16.5. The second-order valence-electron chi connectivity index (χ2n) is 5.65. The first-order chi connectivity index (χ1) is 9.16. The lowest BCUT2D eigenvalue weighted by Gasteiger charge is -2.30. The molecule has 1 unspecified atom stereocenters. The summed E-state index contributed by atoms with van der Waals surface area (Å²) in [5, 5.41) is 0. The molecule has 2 aliphatic rings. The molecule has 104 valence electrons. The molecule has 0 spiro atoms. The first-order valence-corrected chi connectivity index (χ1v) is 7.12. The predicted molar refractivity (Wildman–Crippen MR) is 70.7 cm³/mol. The summed E-state index contributed by atoms with van der Waals surface area (Å²) < 4.78 is 7.67. The second-order valence-corrected chi connectivity index (χ2v) is 5.65. The van der Waals surface area contributed by atoms with Gasteiger partial charge in [0.1, 0.15) is 6.10 Å². The van der Waals surface area contributed by atoms with Gasteiger partial charge in [-0.1, -0.05) is 0 Å². The minimum atomic E-state index is -0.211. The summed E-state index contributed by atoms with van der Waals surface area (Å²) in [5.41, 5.74) is 2.33. The van der Waals surface area contributed by atoms with E-state index in [-0.39, 0.29) is 12.0 Å². The summed E-state index contributed by atoms with van der Waals surface area (Å²) in [6, 6.07) is 0.383. The first-order valence-electron chi connectivity index (χ1n) is 7.12. The molecule has 0 bridgehead atoms. The molecule has 0 radical (unpaired) electrons. The van der Waals surface area contributed by atoms with Gasteiger partial charge in [-0.15, -0.1) is 0 Å². The van der Waals surface area contributed by atoms with E-state index in [9.17, 15) is 4.79 Å². The van der Waals surface area contributed by atoms with Crippen molar-refractivity contribution in [1.29, 1.82) is 0 Å². The number of carbonyl (C=O) groups is 1. The van der Waals surface area contributed by atoms with Crippen LogP contribution in [-0.4, -0.2) is 39.6 Å². The number of nitrogens with zero attached hydrogens (tertiary/aromatic N) is 3. The van der Waals surface area contributed by atoms with E-state index in [2.05, 4.69) is 23.4 Å². The molecule has 3 heterocycles. The molecule has 19 heavy (non-hydrogen) atoms. The number of hydrogen-bond acceptors (Lipinski definition) is 3. The molecule has 1 aromatic rings. The molecule has 3 rings (SSSR count). The zero-order valence-corrected chi connectivity index (χ0v) is 11.6. The molecule has 0 saturated carbocycles. The SMILES string of the molecule is CC(C)n1cnc2c1CN(C(=O)C1CCCO1)CC2. The van der Waals surface area contributed by atoms with Crippen LogP contribution in [0.4, 0.5) is 0 Å². The van der Waals surface area contributed by atoms with E-state index in [1.807, 2.05) is 11.2 Å². The maximum atomic E-state index is 12.4. The molecule has 1 aromatic heterocycles. The van der Waals surface area contributed by atoms with Gasteiger partial charge in [-0.05, 0) is 26.7 Å². The third-order valence-electron chi connectivity index (χ3n) is 4.02.